The first-order valence-corrected chi connectivity index (χ1v) is 6.87. The van der Waals surface area contributed by atoms with Gasteiger partial charge in [-0.2, -0.15) is 0 Å². The van der Waals surface area contributed by atoms with Crippen LogP contribution in [0.4, 0.5) is 0 Å². The van der Waals surface area contributed by atoms with Gasteiger partial charge in [0.1, 0.15) is 0 Å². The minimum Gasteiger partial charge on any atom is -0.465 e. The maximum atomic E-state index is 11.6. The van der Waals surface area contributed by atoms with E-state index in [4.69, 9.17) is 4.74 Å². The molecule has 0 aliphatic rings. The summed E-state index contributed by atoms with van der Waals surface area (Å²) in [7, 11) is 0. The van der Waals surface area contributed by atoms with Crippen molar-refractivity contribution in [2.45, 2.75) is 65.9 Å². The predicted octanol–water partition coefficient (Wildman–Crippen LogP) is 3.15. The fourth-order valence-corrected chi connectivity index (χ4v) is 1.52. The van der Waals surface area contributed by atoms with Gasteiger partial charge in [-0.1, -0.05) is 33.6 Å². The first-order chi connectivity index (χ1) is 8.02. The Kier molecular flexibility index (Phi) is 9.14. The normalized spacial score (nSPS) is 16.3. The van der Waals surface area contributed by atoms with Gasteiger partial charge in [0.05, 0.1) is 18.6 Å². The molecule has 0 aromatic carbocycles. The SMILES string of the molecule is CCCCOC(=O)C(C)C(O)CCC(C)CC. The molecule has 0 saturated heterocycles. The van der Waals surface area contributed by atoms with Crippen LogP contribution in [0.3, 0.4) is 0 Å². The van der Waals surface area contributed by atoms with Crippen LogP contribution >= 0.6 is 0 Å². The third kappa shape index (κ3) is 7.37. The Morgan fingerprint density at radius 3 is 2.41 bits per heavy atom. The molecule has 0 spiro atoms. The Hall–Kier alpha value is -0.570. The quantitative estimate of drug-likeness (QED) is 0.500. The topological polar surface area (TPSA) is 46.5 Å². The van der Waals surface area contributed by atoms with Crippen molar-refractivity contribution < 1.29 is 14.6 Å². The summed E-state index contributed by atoms with van der Waals surface area (Å²) in [5, 5.41) is 9.89. The van der Waals surface area contributed by atoms with Gasteiger partial charge in [-0.3, -0.25) is 4.79 Å². The second-order valence-electron chi connectivity index (χ2n) is 4.97. The van der Waals surface area contributed by atoms with Crippen LogP contribution in [0.1, 0.15) is 59.8 Å². The second kappa shape index (κ2) is 9.46. The van der Waals surface area contributed by atoms with Crippen molar-refractivity contribution in [2.24, 2.45) is 11.8 Å². The molecular formula is C14H28O3. The molecule has 0 fully saturated rings. The van der Waals surface area contributed by atoms with Gasteiger partial charge in [-0.15, -0.1) is 0 Å². The van der Waals surface area contributed by atoms with Crippen molar-refractivity contribution in [2.75, 3.05) is 6.61 Å². The predicted molar refractivity (Wildman–Crippen MR) is 69.7 cm³/mol. The van der Waals surface area contributed by atoms with Gasteiger partial charge in [0.15, 0.2) is 0 Å². The molecule has 0 aliphatic carbocycles. The van der Waals surface area contributed by atoms with E-state index in [1.165, 1.54) is 0 Å². The molecule has 0 aromatic heterocycles. The van der Waals surface area contributed by atoms with Gasteiger partial charge in [0.25, 0.3) is 0 Å². The number of hydrogen-bond donors (Lipinski definition) is 1. The minimum atomic E-state index is -0.571. The number of carbonyl (C=O) groups excluding carboxylic acids is 1. The number of unbranched alkanes of at least 4 members (excludes halogenated alkanes) is 1. The highest BCUT2D eigenvalue weighted by atomic mass is 16.5. The molecule has 0 saturated carbocycles. The van der Waals surface area contributed by atoms with E-state index >= 15 is 0 Å². The fourth-order valence-electron chi connectivity index (χ4n) is 1.52. The third-order valence-electron chi connectivity index (χ3n) is 3.34. The minimum absolute atomic E-state index is 0.268. The summed E-state index contributed by atoms with van der Waals surface area (Å²) in [6.07, 6.45) is 4.09. The van der Waals surface area contributed by atoms with Gasteiger partial charge >= 0.3 is 5.97 Å². The molecule has 0 bridgehead atoms. The van der Waals surface area contributed by atoms with Crippen molar-refractivity contribution in [1.82, 2.24) is 0 Å². The van der Waals surface area contributed by atoms with Gasteiger partial charge in [-0.05, 0) is 32.1 Å². The Balaban J connectivity index is 3.85. The van der Waals surface area contributed by atoms with Crippen molar-refractivity contribution in [1.29, 1.82) is 0 Å². The summed E-state index contributed by atoms with van der Waals surface area (Å²) in [6.45, 7) is 8.57. The number of rotatable bonds is 9. The van der Waals surface area contributed by atoms with Crippen LogP contribution in [0.5, 0.6) is 0 Å². The van der Waals surface area contributed by atoms with E-state index in [2.05, 4.69) is 20.8 Å². The zero-order chi connectivity index (χ0) is 13.3. The van der Waals surface area contributed by atoms with Crippen LogP contribution in [-0.4, -0.2) is 23.8 Å². The van der Waals surface area contributed by atoms with E-state index in [1.807, 2.05) is 0 Å². The lowest BCUT2D eigenvalue weighted by atomic mass is 9.95. The molecule has 0 radical (unpaired) electrons. The van der Waals surface area contributed by atoms with Crippen molar-refractivity contribution >= 4 is 5.97 Å². The number of aliphatic hydroxyl groups excluding tert-OH is 1. The number of hydrogen-bond acceptors (Lipinski definition) is 3. The summed E-state index contributed by atoms with van der Waals surface area (Å²) in [6, 6.07) is 0. The monoisotopic (exact) mass is 244 g/mol. The molecule has 0 aliphatic heterocycles. The smallest absolute Gasteiger partial charge is 0.311 e. The number of carbonyl (C=O) groups is 1. The van der Waals surface area contributed by atoms with Crippen LogP contribution in [-0.2, 0) is 9.53 Å². The summed E-state index contributed by atoms with van der Waals surface area (Å²) < 4.78 is 5.10. The lowest BCUT2D eigenvalue weighted by Gasteiger charge is -2.19. The number of esters is 1. The summed E-state index contributed by atoms with van der Waals surface area (Å²) in [5.74, 6) is -0.0704. The number of aliphatic hydroxyl groups is 1. The van der Waals surface area contributed by atoms with Crippen LogP contribution in [0, 0.1) is 11.8 Å². The highest BCUT2D eigenvalue weighted by Gasteiger charge is 2.23. The van der Waals surface area contributed by atoms with Gasteiger partial charge in [-0.25, -0.2) is 0 Å². The van der Waals surface area contributed by atoms with E-state index < -0.39 is 12.0 Å². The van der Waals surface area contributed by atoms with Crippen LogP contribution in [0.2, 0.25) is 0 Å². The molecular weight excluding hydrogens is 216 g/mol. The summed E-state index contributed by atoms with van der Waals surface area (Å²) >= 11 is 0. The molecule has 3 unspecified atom stereocenters. The standard InChI is InChI=1S/C14H28O3/c1-5-7-10-17-14(16)12(4)13(15)9-8-11(3)6-2/h11-13,15H,5-10H2,1-4H3. The van der Waals surface area contributed by atoms with Crippen LogP contribution < -0.4 is 0 Å². The first-order valence-electron chi connectivity index (χ1n) is 6.87. The summed E-state index contributed by atoms with van der Waals surface area (Å²) in [5.41, 5.74) is 0. The van der Waals surface area contributed by atoms with E-state index in [1.54, 1.807) is 6.92 Å². The van der Waals surface area contributed by atoms with Crippen LogP contribution in [0.25, 0.3) is 0 Å². The average molecular weight is 244 g/mol. The Morgan fingerprint density at radius 1 is 1.24 bits per heavy atom. The molecule has 0 heterocycles. The molecule has 0 aromatic rings. The average Bonchev–Trinajstić information content (AvgIpc) is 2.34. The Morgan fingerprint density at radius 2 is 1.88 bits per heavy atom. The van der Waals surface area contributed by atoms with E-state index in [0.717, 1.165) is 25.7 Å². The second-order valence-corrected chi connectivity index (χ2v) is 4.97. The molecule has 17 heavy (non-hydrogen) atoms. The van der Waals surface area contributed by atoms with Gasteiger partial charge in [0, 0.05) is 0 Å². The Labute approximate surface area is 106 Å². The largest absolute Gasteiger partial charge is 0.465 e. The van der Waals surface area contributed by atoms with Crippen molar-refractivity contribution in [3.63, 3.8) is 0 Å². The molecule has 3 nitrogen and oxygen atoms in total. The molecule has 102 valence electrons. The maximum absolute atomic E-state index is 11.6. The molecule has 0 amide bonds. The van der Waals surface area contributed by atoms with Gasteiger partial charge < -0.3 is 9.84 Å². The third-order valence-corrected chi connectivity index (χ3v) is 3.34. The number of ether oxygens (including phenoxy) is 1. The first kappa shape index (κ1) is 16.4. The molecule has 0 rings (SSSR count). The fraction of sp³-hybridized carbons (Fsp3) is 0.929. The highest BCUT2D eigenvalue weighted by Crippen LogP contribution is 2.16. The zero-order valence-electron chi connectivity index (χ0n) is 11.7. The van der Waals surface area contributed by atoms with Crippen molar-refractivity contribution in [3.05, 3.63) is 0 Å². The molecule has 1 N–H and O–H groups in total. The van der Waals surface area contributed by atoms with E-state index in [9.17, 15) is 9.90 Å². The van der Waals surface area contributed by atoms with E-state index in [-0.39, 0.29) is 5.97 Å². The Bertz CT molecular complexity index is 204. The zero-order valence-corrected chi connectivity index (χ0v) is 11.7. The van der Waals surface area contributed by atoms with Crippen LogP contribution in [0.15, 0.2) is 0 Å². The molecule has 3 atom stereocenters. The van der Waals surface area contributed by atoms with Gasteiger partial charge in [0.2, 0.25) is 0 Å². The molecule has 3 heteroatoms. The lowest BCUT2D eigenvalue weighted by molar-refractivity contribution is -0.152. The lowest BCUT2D eigenvalue weighted by Crippen LogP contribution is -2.28. The summed E-state index contributed by atoms with van der Waals surface area (Å²) in [4.78, 5) is 11.6. The van der Waals surface area contributed by atoms with Crippen molar-refractivity contribution in [3.8, 4) is 0 Å². The maximum Gasteiger partial charge on any atom is 0.311 e. The van der Waals surface area contributed by atoms with E-state index in [0.29, 0.717) is 18.9 Å². The highest BCUT2D eigenvalue weighted by molar-refractivity contribution is 5.72.